The molecule has 27 heavy (non-hydrogen) atoms. The van der Waals surface area contributed by atoms with Crippen LogP contribution in [-0.4, -0.2) is 22.3 Å². The minimum atomic E-state index is -4.38. The van der Waals surface area contributed by atoms with Crippen LogP contribution >= 0.6 is 11.8 Å². The molecule has 144 valence electrons. The average Bonchev–Trinajstić information content (AvgIpc) is 2.52. The average molecular weight is 397 g/mol. The standard InChI is InChI=1S/C18H18F3N3O2S/c1-10-7-14(9-16(22-10)24-12(3)25)17(26)23-11(2)13-5-4-6-15(8-13)27-18(19,20)21/h4-9,11H,1-3H3,(H,23,26)(H,22,24,25). The van der Waals surface area contributed by atoms with E-state index in [1.165, 1.54) is 31.2 Å². The molecule has 0 aliphatic rings. The Bertz CT molecular complexity index is 856. The molecular formula is C18H18F3N3O2S. The molecule has 2 N–H and O–H groups in total. The van der Waals surface area contributed by atoms with Gasteiger partial charge in [0.15, 0.2) is 0 Å². The van der Waals surface area contributed by atoms with Crippen LogP contribution in [0.1, 0.15) is 41.5 Å². The monoisotopic (exact) mass is 397 g/mol. The zero-order valence-electron chi connectivity index (χ0n) is 14.8. The number of hydrogen-bond acceptors (Lipinski definition) is 4. The molecule has 0 saturated carbocycles. The molecule has 1 heterocycles. The summed E-state index contributed by atoms with van der Waals surface area (Å²) in [6.07, 6.45) is 0. The number of aromatic nitrogens is 1. The fourth-order valence-electron chi connectivity index (χ4n) is 2.39. The van der Waals surface area contributed by atoms with Gasteiger partial charge in [-0.2, -0.15) is 13.2 Å². The van der Waals surface area contributed by atoms with Crippen molar-refractivity contribution in [1.82, 2.24) is 10.3 Å². The van der Waals surface area contributed by atoms with E-state index in [4.69, 9.17) is 0 Å². The molecule has 0 aliphatic carbocycles. The minimum absolute atomic E-state index is 0.0498. The molecule has 2 rings (SSSR count). The van der Waals surface area contributed by atoms with E-state index >= 15 is 0 Å². The predicted octanol–water partition coefficient (Wildman–Crippen LogP) is 4.45. The van der Waals surface area contributed by atoms with Crippen LogP contribution in [0.4, 0.5) is 19.0 Å². The van der Waals surface area contributed by atoms with Gasteiger partial charge in [0.2, 0.25) is 5.91 Å². The van der Waals surface area contributed by atoms with E-state index in [9.17, 15) is 22.8 Å². The summed E-state index contributed by atoms with van der Waals surface area (Å²) in [6, 6.07) is 8.40. The summed E-state index contributed by atoms with van der Waals surface area (Å²) in [7, 11) is 0. The number of alkyl halides is 3. The number of carbonyl (C=O) groups excluding carboxylic acids is 2. The second-order valence-electron chi connectivity index (χ2n) is 5.88. The van der Waals surface area contributed by atoms with Gasteiger partial charge in [-0.15, -0.1) is 0 Å². The summed E-state index contributed by atoms with van der Waals surface area (Å²) < 4.78 is 37.6. The lowest BCUT2D eigenvalue weighted by molar-refractivity contribution is -0.114. The van der Waals surface area contributed by atoms with Crippen LogP contribution in [0.5, 0.6) is 0 Å². The van der Waals surface area contributed by atoms with Crippen LogP contribution in [0.2, 0.25) is 0 Å². The SMILES string of the molecule is CC(=O)Nc1cc(C(=O)NC(C)c2cccc(SC(F)(F)F)c2)cc(C)n1. The number of benzene rings is 1. The van der Waals surface area contributed by atoms with Crippen LogP contribution in [0.3, 0.4) is 0 Å². The Hall–Kier alpha value is -2.55. The third-order valence-corrected chi connectivity index (χ3v) is 4.18. The number of carbonyl (C=O) groups is 2. The summed E-state index contributed by atoms with van der Waals surface area (Å²) in [5.41, 5.74) is -2.99. The van der Waals surface area contributed by atoms with Crippen LogP contribution in [0.25, 0.3) is 0 Å². The number of rotatable bonds is 5. The fraction of sp³-hybridized carbons (Fsp3) is 0.278. The summed E-state index contributed by atoms with van der Waals surface area (Å²) >= 11 is -0.204. The lowest BCUT2D eigenvalue weighted by atomic mass is 10.1. The van der Waals surface area contributed by atoms with Gasteiger partial charge < -0.3 is 10.6 Å². The van der Waals surface area contributed by atoms with Crippen molar-refractivity contribution < 1.29 is 22.8 Å². The first-order valence-corrected chi connectivity index (χ1v) is 8.78. The van der Waals surface area contributed by atoms with E-state index in [2.05, 4.69) is 15.6 Å². The Morgan fingerprint density at radius 3 is 2.52 bits per heavy atom. The largest absolute Gasteiger partial charge is 0.446 e. The molecule has 0 aliphatic heterocycles. The highest BCUT2D eigenvalue weighted by Crippen LogP contribution is 2.37. The summed E-state index contributed by atoms with van der Waals surface area (Å²) in [5, 5.41) is 5.26. The number of amides is 2. The highest BCUT2D eigenvalue weighted by molar-refractivity contribution is 8.00. The normalized spacial score (nSPS) is 12.4. The van der Waals surface area contributed by atoms with Gasteiger partial charge in [0.25, 0.3) is 5.91 Å². The fourth-order valence-corrected chi connectivity index (χ4v) is 3.00. The first-order valence-electron chi connectivity index (χ1n) is 7.96. The first-order chi connectivity index (χ1) is 12.5. The molecule has 5 nitrogen and oxygen atoms in total. The molecular weight excluding hydrogens is 379 g/mol. The van der Waals surface area contributed by atoms with Crippen molar-refractivity contribution in [2.45, 2.75) is 37.2 Å². The maximum atomic E-state index is 12.5. The topological polar surface area (TPSA) is 71.1 Å². The van der Waals surface area contributed by atoms with Crippen LogP contribution in [-0.2, 0) is 4.79 Å². The van der Waals surface area contributed by atoms with E-state index in [1.807, 2.05) is 0 Å². The number of pyridine rings is 1. The van der Waals surface area contributed by atoms with Crippen molar-refractivity contribution in [3.05, 3.63) is 53.2 Å². The van der Waals surface area contributed by atoms with E-state index in [1.54, 1.807) is 26.0 Å². The second-order valence-corrected chi connectivity index (χ2v) is 7.02. The Balaban J connectivity index is 2.15. The van der Waals surface area contributed by atoms with Crippen molar-refractivity contribution in [2.24, 2.45) is 0 Å². The van der Waals surface area contributed by atoms with Gasteiger partial charge in [0.05, 0.1) is 6.04 Å². The minimum Gasteiger partial charge on any atom is -0.346 e. The number of halogens is 3. The molecule has 1 aromatic carbocycles. The van der Waals surface area contributed by atoms with Crippen molar-refractivity contribution in [1.29, 1.82) is 0 Å². The Morgan fingerprint density at radius 1 is 1.19 bits per heavy atom. The number of thioether (sulfide) groups is 1. The van der Waals surface area contributed by atoms with Gasteiger partial charge in [-0.05, 0) is 55.4 Å². The summed E-state index contributed by atoms with van der Waals surface area (Å²) in [5.74, 6) is -0.482. The number of nitrogens with one attached hydrogen (secondary N) is 2. The molecule has 1 unspecified atom stereocenters. The molecule has 0 saturated heterocycles. The summed E-state index contributed by atoms with van der Waals surface area (Å²) in [4.78, 5) is 27.8. The Morgan fingerprint density at radius 2 is 1.89 bits per heavy atom. The highest BCUT2D eigenvalue weighted by Gasteiger charge is 2.29. The van der Waals surface area contributed by atoms with E-state index in [0.29, 0.717) is 16.8 Å². The van der Waals surface area contributed by atoms with Crippen LogP contribution in [0.15, 0.2) is 41.3 Å². The van der Waals surface area contributed by atoms with Crippen molar-refractivity contribution in [2.75, 3.05) is 5.32 Å². The lowest BCUT2D eigenvalue weighted by Gasteiger charge is -2.16. The van der Waals surface area contributed by atoms with E-state index < -0.39 is 17.5 Å². The summed E-state index contributed by atoms with van der Waals surface area (Å²) in [6.45, 7) is 4.69. The smallest absolute Gasteiger partial charge is 0.346 e. The second kappa shape index (κ2) is 8.43. The predicted molar refractivity (Wildman–Crippen MR) is 97.5 cm³/mol. The maximum absolute atomic E-state index is 12.5. The van der Waals surface area contributed by atoms with Crippen molar-refractivity contribution >= 4 is 29.4 Å². The van der Waals surface area contributed by atoms with E-state index in [0.717, 1.165) is 0 Å². The molecule has 0 bridgehead atoms. The van der Waals surface area contributed by atoms with Crippen molar-refractivity contribution in [3.8, 4) is 0 Å². The first kappa shape index (κ1) is 20.8. The van der Waals surface area contributed by atoms with Gasteiger partial charge in [-0.1, -0.05) is 12.1 Å². The molecule has 2 amide bonds. The van der Waals surface area contributed by atoms with Gasteiger partial charge in [-0.3, -0.25) is 9.59 Å². The third kappa shape index (κ3) is 6.59. The number of anilines is 1. The molecule has 1 atom stereocenters. The third-order valence-electron chi connectivity index (χ3n) is 3.46. The Labute approximate surface area is 158 Å². The molecule has 9 heteroatoms. The molecule has 0 spiro atoms. The Kier molecular flexibility index (Phi) is 6.48. The molecule has 0 radical (unpaired) electrons. The van der Waals surface area contributed by atoms with Crippen LogP contribution in [0, 0.1) is 6.92 Å². The number of nitrogens with zero attached hydrogens (tertiary/aromatic N) is 1. The quantitative estimate of drug-likeness (QED) is 0.732. The maximum Gasteiger partial charge on any atom is 0.446 e. The molecule has 1 aromatic heterocycles. The zero-order chi connectivity index (χ0) is 20.2. The molecule has 0 fully saturated rings. The number of aryl methyl sites for hydroxylation is 1. The van der Waals surface area contributed by atoms with Gasteiger partial charge in [0.1, 0.15) is 5.82 Å². The molecule has 2 aromatic rings. The van der Waals surface area contributed by atoms with Crippen molar-refractivity contribution in [3.63, 3.8) is 0 Å². The van der Waals surface area contributed by atoms with E-state index in [-0.39, 0.29) is 28.4 Å². The lowest BCUT2D eigenvalue weighted by Crippen LogP contribution is -2.27. The van der Waals surface area contributed by atoms with Gasteiger partial charge >= 0.3 is 5.51 Å². The zero-order valence-corrected chi connectivity index (χ0v) is 15.7. The van der Waals surface area contributed by atoms with Crippen LogP contribution < -0.4 is 10.6 Å². The highest BCUT2D eigenvalue weighted by atomic mass is 32.2. The number of hydrogen-bond donors (Lipinski definition) is 2. The van der Waals surface area contributed by atoms with Gasteiger partial charge in [-0.25, -0.2) is 4.98 Å². The van der Waals surface area contributed by atoms with Gasteiger partial charge in [0, 0.05) is 23.1 Å².